The molecule has 0 aromatic heterocycles. The van der Waals surface area contributed by atoms with E-state index >= 15 is 0 Å². The highest BCUT2D eigenvalue weighted by Crippen LogP contribution is 2.37. The smallest absolute Gasteiger partial charge is 0.0700 e. The number of nitrogens with zero attached hydrogens (tertiary/aromatic N) is 1. The summed E-state index contributed by atoms with van der Waals surface area (Å²) in [5, 5.41) is 8.92. The summed E-state index contributed by atoms with van der Waals surface area (Å²) in [7, 11) is 0. The second-order valence-corrected chi connectivity index (χ2v) is 3.64. The summed E-state index contributed by atoms with van der Waals surface area (Å²) in [6, 6.07) is 2.40. The molecule has 0 aromatic rings. The summed E-state index contributed by atoms with van der Waals surface area (Å²) in [6.45, 7) is 0. The van der Waals surface area contributed by atoms with Crippen LogP contribution < -0.4 is 0 Å². The van der Waals surface area contributed by atoms with Crippen LogP contribution in [0.2, 0.25) is 0 Å². The van der Waals surface area contributed by atoms with E-state index in [4.69, 9.17) is 5.26 Å². The van der Waals surface area contributed by atoms with Gasteiger partial charge < -0.3 is 0 Å². The third-order valence-corrected chi connectivity index (χ3v) is 2.92. The molecule has 62 valence electrons. The molecule has 0 spiro atoms. The monoisotopic (exact) mass is 159 g/mol. The van der Waals surface area contributed by atoms with Gasteiger partial charge in [-0.2, -0.15) is 5.26 Å². The van der Waals surface area contributed by atoms with E-state index in [9.17, 15) is 0 Å². The lowest BCUT2D eigenvalue weighted by Gasteiger charge is -2.29. The van der Waals surface area contributed by atoms with Crippen molar-refractivity contribution in [3.8, 4) is 6.07 Å². The average molecular weight is 159 g/mol. The second kappa shape index (κ2) is 3.15. The highest BCUT2D eigenvalue weighted by molar-refractivity contribution is 5.28. The van der Waals surface area contributed by atoms with E-state index in [1.165, 1.54) is 18.4 Å². The number of allylic oxidation sites excluding steroid dienone is 4. The average Bonchev–Trinajstić information content (AvgIpc) is 2.17. The number of hydrogen-bond donors (Lipinski definition) is 0. The Morgan fingerprint density at radius 2 is 2.33 bits per heavy atom. The van der Waals surface area contributed by atoms with Crippen molar-refractivity contribution >= 4 is 0 Å². The van der Waals surface area contributed by atoms with Crippen LogP contribution in [0, 0.1) is 23.2 Å². The van der Waals surface area contributed by atoms with E-state index in [0.717, 1.165) is 12.8 Å². The number of rotatable bonds is 0. The molecule has 2 aliphatic carbocycles. The first kappa shape index (κ1) is 7.61. The fraction of sp³-hybridized carbons (Fsp3) is 0.545. The molecule has 0 heterocycles. The van der Waals surface area contributed by atoms with Crippen molar-refractivity contribution in [2.75, 3.05) is 0 Å². The van der Waals surface area contributed by atoms with Crippen LogP contribution >= 0.6 is 0 Å². The zero-order chi connectivity index (χ0) is 8.39. The van der Waals surface area contributed by atoms with Crippen LogP contribution in [0.4, 0.5) is 0 Å². The molecule has 1 heteroatoms. The van der Waals surface area contributed by atoms with Gasteiger partial charge in [0, 0.05) is 0 Å². The van der Waals surface area contributed by atoms with Crippen LogP contribution in [0.3, 0.4) is 0 Å². The Morgan fingerprint density at radius 1 is 1.42 bits per heavy atom. The second-order valence-electron chi connectivity index (χ2n) is 3.64. The topological polar surface area (TPSA) is 23.8 Å². The lowest BCUT2D eigenvalue weighted by molar-refractivity contribution is 0.409. The molecule has 0 N–H and O–H groups in total. The fourth-order valence-electron chi connectivity index (χ4n) is 2.25. The molecule has 2 atom stereocenters. The van der Waals surface area contributed by atoms with E-state index in [0.29, 0.717) is 5.92 Å². The van der Waals surface area contributed by atoms with Gasteiger partial charge in [-0.3, -0.25) is 0 Å². The third-order valence-electron chi connectivity index (χ3n) is 2.92. The number of fused-ring (bicyclic) bond motifs is 1. The van der Waals surface area contributed by atoms with Crippen LogP contribution in [-0.4, -0.2) is 0 Å². The largest absolute Gasteiger partial charge is 0.198 e. The lowest BCUT2D eigenvalue weighted by atomic mass is 9.74. The molecule has 2 rings (SSSR count). The van der Waals surface area contributed by atoms with E-state index in [1.54, 1.807) is 0 Å². The molecule has 0 amide bonds. The first-order chi connectivity index (χ1) is 5.92. The van der Waals surface area contributed by atoms with Crippen molar-refractivity contribution in [3.05, 3.63) is 23.8 Å². The maximum atomic E-state index is 8.92. The van der Waals surface area contributed by atoms with E-state index < -0.39 is 0 Å². The molecule has 1 saturated carbocycles. The summed E-state index contributed by atoms with van der Waals surface area (Å²) in [4.78, 5) is 0. The van der Waals surface area contributed by atoms with Gasteiger partial charge >= 0.3 is 0 Å². The van der Waals surface area contributed by atoms with Crippen molar-refractivity contribution in [2.45, 2.75) is 25.7 Å². The minimum absolute atomic E-state index is 0.216. The van der Waals surface area contributed by atoms with Gasteiger partial charge in [0.1, 0.15) is 0 Å². The standard InChI is InChI=1S/C11H13N/c12-8-10-6-3-5-9-4-1-2-7-11(9)10/h1-2,7,9-10H,3-6H2. The molecular formula is C11H13N. The first-order valence-electron chi connectivity index (χ1n) is 4.68. The molecule has 1 fully saturated rings. The summed E-state index contributed by atoms with van der Waals surface area (Å²) in [5.74, 6) is 0.905. The minimum atomic E-state index is 0.216. The van der Waals surface area contributed by atoms with Crippen LogP contribution in [0.5, 0.6) is 0 Å². The van der Waals surface area contributed by atoms with Gasteiger partial charge in [-0.05, 0) is 30.8 Å². The van der Waals surface area contributed by atoms with Crippen LogP contribution in [0.1, 0.15) is 25.7 Å². The Kier molecular flexibility index (Phi) is 1.99. The molecule has 0 bridgehead atoms. The van der Waals surface area contributed by atoms with Crippen molar-refractivity contribution < 1.29 is 0 Å². The third kappa shape index (κ3) is 1.18. The molecule has 0 aliphatic heterocycles. The lowest BCUT2D eigenvalue weighted by Crippen LogP contribution is -2.19. The molecule has 0 saturated heterocycles. The Bertz CT molecular complexity index is 267. The van der Waals surface area contributed by atoms with E-state index in [-0.39, 0.29) is 5.92 Å². The highest BCUT2D eigenvalue weighted by atomic mass is 14.3. The molecular weight excluding hydrogens is 146 g/mol. The Labute approximate surface area is 73.4 Å². The fourth-order valence-corrected chi connectivity index (χ4v) is 2.25. The minimum Gasteiger partial charge on any atom is -0.198 e. The predicted molar refractivity (Wildman–Crippen MR) is 48.3 cm³/mol. The molecule has 2 unspecified atom stereocenters. The van der Waals surface area contributed by atoms with Gasteiger partial charge in [0.25, 0.3) is 0 Å². The first-order valence-corrected chi connectivity index (χ1v) is 4.68. The summed E-state index contributed by atoms with van der Waals surface area (Å²) < 4.78 is 0. The van der Waals surface area contributed by atoms with E-state index in [1.807, 2.05) is 0 Å². The molecule has 1 nitrogen and oxygen atoms in total. The van der Waals surface area contributed by atoms with Gasteiger partial charge in [-0.25, -0.2) is 0 Å². The van der Waals surface area contributed by atoms with Crippen LogP contribution in [0.15, 0.2) is 23.8 Å². The summed E-state index contributed by atoms with van der Waals surface area (Å²) >= 11 is 0. The molecule has 0 aromatic carbocycles. The van der Waals surface area contributed by atoms with Crippen LogP contribution in [0.25, 0.3) is 0 Å². The van der Waals surface area contributed by atoms with Crippen LogP contribution in [-0.2, 0) is 0 Å². The summed E-state index contributed by atoms with van der Waals surface area (Å²) in [5.41, 5.74) is 1.39. The van der Waals surface area contributed by atoms with Crippen molar-refractivity contribution in [3.63, 3.8) is 0 Å². The highest BCUT2D eigenvalue weighted by Gasteiger charge is 2.26. The van der Waals surface area contributed by atoms with Gasteiger partial charge in [0.05, 0.1) is 12.0 Å². The SMILES string of the molecule is N#CC1CCCC2CC=CC=C12. The zero-order valence-electron chi connectivity index (χ0n) is 7.16. The number of hydrogen-bond acceptors (Lipinski definition) is 1. The van der Waals surface area contributed by atoms with Crippen molar-refractivity contribution in [2.24, 2.45) is 11.8 Å². The quantitative estimate of drug-likeness (QED) is 0.533. The summed E-state index contributed by atoms with van der Waals surface area (Å²) in [6.07, 6.45) is 11.2. The maximum absolute atomic E-state index is 8.92. The Morgan fingerprint density at radius 3 is 3.17 bits per heavy atom. The van der Waals surface area contributed by atoms with Gasteiger partial charge in [-0.1, -0.05) is 24.6 Å². The molecule has 12 heavy (non-hydrogen) atoms. The van der Waals surface area contributed by atoms with Gasteiger partial charge in [0.2, 0.25) is 0 Å². The normalized spacial score (nSPS) is 33.4. The molecule has 0 radical (unpaired) electrons. The Balaban J connectivity index is 2.24. The van der Waals surface area contributed by atoms with Gasteiger partial charge in [0.15, 0.2) is 0 Å². The Hall–Kier alpha value is -1.03. The van der Waals surface area contributed by atoms with Crippen molar-refractivity contribution in [1.82, 2.24) is 0 Å². The van der Waals surface area contributed by atoms with Crippen molar-refractivity contribution in [1.29, 1.82) is 5.26 Å². The maximum Gasteiger partial charge on any atom is 0.0700 e. The molecule has 2 aliphatic rings. The predicted octanol–water partition coefficient (Wildman–Crippen LogP) is 2.81. The van der Waals surface area contributed by atoms with E-state index in [2.05, 4.69) is 24.3 Å². The zero-order valence-corrected chi connectivity index (χ0v) is 7.16. The number of nitriles is 1. The van der Waals surface area contributed by atoms with Gasteiger partial charge in [-0.15, -0.1) is 0 Å².